The summed E-state index contributed by atoms with van der Waals surface area (Å²) < 4.78 is 14.1. The van der Waals surface area contributed by atoms with Gasteiger partial charge in [0.25, 0.3) is 5.91 Å². The summed E-state index contributed by atoms with van der Waals surface area (Å²) in [5, 5.41) is 5.83. The molecule has 3 amide bonds. The van der Waals surface area contributed by atoms with Gasteiger partial charge in [0, 0.05) is 34.5 Å². The van der Waals surface area contributed by atoms with Gasteiger partial charge in [-0.05, 0) is 36.2 Å². The molecule has 6 nitrogen and oxygen atoms in total. The van der Waals surface area contributed by atoms with Crippen LogP contribution in [0, 0.1) is 11.7 Å². The summed E-state index contributed by atoms with van der Waals surface area (Å²) in [4.78, 5) is 45.1. The Morgan fingerprint density at radius 1 is 0.902 bits per heavy atom. The van der Waals surface area contributed by atoms with Crippen molar-refractivity contribution in [3.63, 3.8) is 0 Å². The lowest BCUT2D eigenvalue weighted by Crippen LogP contribution is -2.57. The molecule has 0 radical (unpaired) electrons. The fourth-order valence-electron chi connectivity index (χ4n) is 6.76. The van der Waals surface area contributed by atoms with Gasteiger partial charge >= 0.3 is 6.03 Å². The highest BCUT2D eigenvalue weighted by atomic mass is 19.1. The molecule has 6 rings (SSSR count). The zero-order chi connectivity index (χ0) is 28.6. The van der Waals surface area contributed by atoms with Gasteiger partial charge in [0.1, 0.15) is 5.82 Å². The Kier molecular flexibility index (Phi) is 6.87. The minimum atomic E-state index is -1.64. The number of fused-ring (bicyclic) bond motifs is 2. The van der Waals surface area contributed by atoms with Crippen LogP contribution in [-0.2, 0) is 10.3 Å². The summed E-state index contributed by atoms with van der Waals surface area (Å²) in [5.74, 6) is -2.55. The molecule has 4 aromatic carbocycles. The Morgan fingerprint density at radius 2 is 1.59 bits per heavy atom. The highest BCUT2D eigenvalue weighted by Gasteiger charge is 2.69. The Labute approximate surface area is 238 Å². The molecule has 0 aromatic heterocycles. The SMILES string of the molecule is CCCC1C(c2ccccc2)C(C(=O)c2ccccc2)C2(C(=O)Nc3ccccc32)N1C(=O)Nc1cccc(F)c1. The largest absolute Gasteiger partial charge is 0.323 e. The molecule has 2 N–H and O–H groups in total. The second-order valence-electron chi connectivity index (χ2n) is 10.6. The van der Waals surface area contributed by atoms with Crippen molar-refractivity contribution >= 4 is 29.1 Å². The predicted octanol–water partition coefficient (Wildman–Crippen LogP) is 6.97. The van der Waals surface area contributed by atoms with Gasteiger partial charge in [-0.3, -0.25) is 9.59 Å². The molecule has 2 heterocycles. The molecule has 2 aliphatic rings. The number of carbonyl (C=O) groups excluding carboxylic acids is 3. The summed E-state index contributed by atoms with van der Waals surface area (Å²) in [5.41, 5.74) is 1.11. The summed E-state index contributed by atoms with van der Waals surface area (Å²) in [6.45, 7) is 2.02. The maximum Gasteiger partial charge on any atom is 0.323 e. The number of hydrogen-bond acceptors (Lipinski definition) is 3. The first-order chi connectivity index (χ1) is 20.0. The van der Waals surface area contributed by atoms with Crippen LogP contribution in [-0.4, -0.2) is 28.7 Å². The van der Waals surface area contributed by atoms with Crippen LogP contribution in [0.3, 0.4) is 0 Å². The third-order valence-electron chi connectivity index (χ3n) is 8.27. The van der Waals surface area contributed by atoms with E-state index in [1.165, 1.54) is 18.2 Å². The van der Waals surface area contributed by atoms with Crippen LogP contribution in [0.5, 0.6) is 0 Å². The first-order valence-corrected chi connectivity index (χ1v) is 13.9. The smallest absolute Gasteiger partial charge is 0.323 e. The molecule has 1 spiro atoms. The number of rotatable bonds is 6. The molecule has 0 bridgehead atoms. The maximum atomic E-state index is 14.7. The van der Waals surface area contributed by atoms with Crippen molar-refractivity contribution < 1.29 is 18.8 Å². The molecule has 0 aliphatic carbocycles. The van der Waals surface area contributed by atoms with E-state index in [0.29, 0.717) is 29.7 Å². The highest BCUT2D eigenvalue weighted by molar-refractivity contribution is 6.14. The third kappa shape index (κ3) is 4.29. The van der Waals surface area contributed by atoms with Crippen LogP contribution in [0.25, 0.3) is 0 Å². The van der Waals surface area contributed by atoms with E-state index >= 15 is 0 Å². The van der Waals surface area contributed by atoms with Crippen LogP contribution in [0.1, 0.15) is 47.2 Å². The number of carbonyl (C=O) groups is 3. The van der Waals surface area contributed by atoms with Crippen LogP contribution >= 0.6 is 0 Å². The number of anilines is 2. The minimum absolute atomic E-state index is 0.214. The molecule has 2 aliphatic heterocycles. The van der Waals surface area contributed by atoms with E-state index in [9.17, 15) is 18.8 Å². The Bertz CT molecular complexity index is 1610. The highest BCUT2D eigenvalue weighted by Crippen LogP contribution is 2.59. The van der Waals surface area contributed by atoms with Gasteiger partial charge in [0.2, 0.25) is 0 Å². The number of nitrogens with zero attached hydrogens (tertiary/aromatic N) is 1. The molecule has 0 saturated carbocycles. The number of halogens is 1. The number of Topliss-reactive ketones (excluding diaryl/α,β-unsaturated/α-hetero) is 1. The first-order valence-electron chi connectivity index (χ1n) is 13.9. The van der Waals surface area contributed by atoms with Gasteiger partial charge in [-0.25, -0.2) is 9.18 Å². The summed E-state index contributed by atoms with van der Waals surface area (Å²) in [7, 11) is 0. The van der Waals surface area contributed by atoms with E-state index in [-0.39, 0.29) is 11.5 Å². The minimum Gasteiger partial charge on any atom is -0.323 e. The van der Waals surface area contributed by atoms with Gasteiger partial charge < -0.3 is 15.5 Å². The number of ketones is 1. The van der Waals surface area contributed by atoms with Gasteiger partial charge in [-0.2, -0.15) is 0 Å². The Morgan fingerprint density at radius 3 is 2.29 bits per heavy atom. The second-order valence-corrected chi connectivity index (χ2v) is 10.6. The summed E-state index contributed by atoms with van der Waals surface area (Å²) in [6.07, 6.45) is 1.26. The zero-order valence-electron chi connectivity index (χ0n) is 22.6. The predicted molar refractivity (Wildman–Crippen MR) is 156 cm³/mol. The normalized spacial score (nSPS) is 22.8. The average molecular weight is 548 g/mol. The number of para-hydroxylation sites is 1. The molecule has 4 aromatic rings. The first kappa shape index (κ1) is 26.4. The van der Waals surface area contributed by atoms with E-state index in [0.717, 1.165) is 5.56 Å². The van der Waals surface area contributed by atoms with Gasteiger partial charge in [-0.1, -0.05) is 98.3 Å². The average Bonchev–Trinajstić information content (AvgIpc) is 3.45. The van der Waals surface area contributed by atoms with Crippen LogP contribution in [0.15, 0.2) is 109 Å². The lowest BCUT2D eigenvalue weighted by atomic mass is 9.69. The molecule has 1 saturated heterocycles. The van der Waals surface area contributed by atoms with E-state index in [4.69, 9.17) is 0 Å². The quantitative estimate of drug-likeness (QED) is 0.256. The fraction of sp³-hybridized carbons (Fsp3) is 0.206. The van der Waals surface area contributed by atoms with Crippen LogP contribution in [0.2, 0.25) is 0 Å². The van der Waals surface area contributed by atoms with E-state index in [1.54, 1.807) is 41.3 Å². The Hall–Kier alpha value is -4.78. The molecule has 41 heavy (non-hydrogen) atoms. The molecule has 206 valence electrons. The van der Waals surface area contributed by atoms with Crippen molar-refractivity contribution in [3.05, 3.63) is 132 Å². The van der Waals surface area contributed by atoms with Crippen molar-refractivity contribution in [1.82, 2.24) is 4.90 Å². The molecule has 4 unspecified atom stereocenters. The van der Waals surface area contributed by atoms with E-state index in [1.807, 2.05) is 61.5 Å². The molecular formula is C34H30FN3O3. The molecular weight excluding hydrogens is 517 g/mol. The van der Waals surface area contributed by atoms with E-state index in [2.05, 4.69) is 10.6 Å². The lowest BCUT2D eigenvalue weighted by Gasteiger charge is -2.39. The van der Waals surface area contributed by atoms with Crippen molar-refractivity contribution in [3.8, 4) is 0 Å². The van der Waals surface area contributed by atoms with Gasteiger partial charge in [-0.15, -0.1) is 0 Å². The van der Waals surface area contributed by atoms with E-state index < -0.39 is 41.2 Å². The number of amides is 3. The van der Waals surface area contributed by atoms with Crippen molar-refractivity contribution in [1.29, 1.82) is 0 Å². The summed E-state index contributed by atoms with van der Waals surface area (Å²) >= 11 is 0. The zero-order valence-corrected chi connectivity index (χ0v) is 22.6. The molecule has 4 atom stereocenters. The number of hydrogen-bond donors (Lipinski definition) is 2. The van der Waals surface area contributed by atoms with Crippen molar-refractivity contribution in [2.24, 2.45) is 5.92 Å². The maximum absolute atomic E-state index is 14.7. The van der Waals surface area contributed by atoms with Gasteiger partial charge in [0.15, 0.2) is 11.3 Å². The lowest BCUT2D eigenvalue weighted by molar-refractivity contribution is -0.126. The molecule has 1 fully saturated rings. The van der Waals surface area contributed by atoms with Crippen LogP contribution in [0.4, 0.5) is 20.6 Å². The number of nitrogens with one attached hydrogen (secondary N) is 2. The van der Waals surface area contributed by atoms with Crippen molar-refractivity contribution in [2.45, 2.75) is 37.3 Å². The number of benzene rings is 4. The Balaban J connectivity index is 1.63. The third-order valence-corrected chi connectivity index (χ3v) is 8.27. The second kappa shape index (κ2) is 10.7. The molecule has 7 heteroatoms. The summed E-state index contributed by atoms with van der Waals surface area (Å²) in [6, 6.07) is 30.4. The monoisotopic (exact) mass is 547 g/mol. The topological polar surface area (TPSA) is 78.5 Å². The van der Waals surface area contributed by atoms with Gasteiger partial charge in [0.05, 0.1) is 5.92 Å². The standard InChI is InChI=1S/C34H30FN3O3/c1-2-12-28-29(22-13-5-3-6-14-22)30(31(39)23-15-7-4-8-16-23)34(26-19-9-10-20-27(26)37-32(34)40)38(28)33(41)36-25-18-11-17-24(35)21-25/h3-11,13-21,28-30H,2,12H2,1H3,(H,36,41)(H,37,40). The van der Waals surface area contributed by atoms with Crippen molar-refractivity contribution in [2.75, 3.05) is 10.6 Å². The number of likely N-dealkylation sites (tertiary alicyclic amines) is 1. The number of urea groups is 1. The fourth-order valence-corrected chi connectivity index (χ4v) is 6.76. The van der Waals surface area contributed by atoms with Crippen LogP contribution < -0.4 is 10.6 Å².